The quantitative estimate of drug-likeness (QED) is 0.629. The molecule has 1 aromatic carbocycles. The zero-order valence-corrected chi connectivity index (χ0v) is 16.9. The minimum atomic E-state index is -3.73. The molecule has 1 aliphatic rings. The van der Waals surface area contributed by atoms with Gasteiger partial charge in [0.25, 0.3) is 0 Å². The summed E-state index contributed by atoms with van der Waals surface area (Å²) in [6.07, 6.45) is 4.26. The van der Waals surface area contributed by atoms with Crippen LogP contribution < -0.4 is 0 Å². The molecule has 1 saturated heterocycles. The summed E-state index contributed by atoms with van der Waals surface area (Å²) in [5.74, 6) is 0.315. The van der Waals surface area contributed by atoms with Gasteiger partial charge in [0.15, 0.2) is 0 Å². The molecule has 0 amide bonds. The number of aromatic nitrogens is 4. The van der Waals surface area contributed by atoms with Crippen LogP contribution in [0.3, 0.4) is 0 Å². The Labute approximate surface area is 167 Å². The third-order valence-electron chi connectivity index (χ3n) is 5.05. The van der Waals surface area contributed by atoms with E-state index < -0.39 is 15.8 Å². The summed E-state index contributed by atoms with van der Waals surface area (Å²) < 4.78 is 46.1. The van der Waals surface area contributed by atoms with Crippen molar-refractivity contribution in [1.82, 2.24) is 24.4 Å². The first-order valence-corrected chi connectivity index (χ1v) is 10.7. The molecular formula is C19H20FN5O3S. The van der Waals surface area contributed by atoms with Crippen LogP contribution in [0.15, 0.2) is 40.1 Å². The molecule has 0 N–H and O–H groups in total. The van der Waals surface area contributed by atoms with Crippen LogP contribution in [0.5, 0.6) is 0 Å². The van der Waals surface area contributed by atoms with Crippen molar-refractivity contribution in [3.05, 3.63) is 53.7 Å². The molecular weight excluding hydrogens is 397 g/mol. The number of nitrogens with zero attached hydrogens (tertiary/aromatic N) is 5. The molecule has 29 heavy (non-hydrogen) atoms. The lowest BCUT2D eigenvalue weighted by Crippen LogP contribution is -2.29. The molecule has 1 aliphatic heterocycles. The van der Waals surface area contributed by atoms with E-state index in [1.54, 1.807) is 13.1 Å². The number of aryl methyl sites for hydroxylation is 2. The largest absolute Gasteiger partial charge is 0.339 e. The van der Waals surface area contributed by atoms with Gasteiger partial charge in [-0.05, 0) is 37.1 Å². The van der Waals surface area contributed by atoms with Crippen molar-refractivity contribution < 1.29 is 17.3 Å². The summed E-state index contributed by atoms with van der Waals surface area (Å²) in [4.78, 5) is 12.9. The normalized spacial score (nSPS) is 17.7. The maximum absolute atomic E-state index is 13.4. The van der Waals surface area contributed by atoms with Gasteiger partial charge in [-0.3, -0.25) is 0 Å². The number of sulfonamides is 1. The molecule has 0 radical (unpaired) electrons. The summed E-state index contributed by atoms with van der Waals surface area (Å²) in [5, 5.41) is 3.99. The lowest BCUT2D eigenvalue weighted by Gasteiger charge is -2.18. The van der Waals surface area contributed by atoms with E-state index in [-0.39, 0.29) is 17.4 Å². The van der Waals surface area contributed by atoms with Crippen molar-refractivity contribution in [3.63, 3.8) is 0 Å². The Morgan fingerprint density at radius 1 is 1.34 bits per heavy atom. The second-order valence-electron chi connectivity index (χ2n) is 6.95. The molecule has 1 atom stereocenters. The minimum Gasteiger partial charge on any atom is -0.339 e. The third kappa shape index (κ3) is 3.65. The summed E-state index contributed by atoms with van der Waals surface area (Å²) in [6, 6.07) is 3.71. The fourth-order valence-corrected chi connectivity index (χ4v) is 5.26. The van der Waals surface area contributed by atoms with Crippen LogP contribution in [0.2, 0.25) is 0 Å². The Hall–Kier alpha value is -2.72. The summed E-state index contributed by atoms with van der Waals surface area (Å²) >= 11 is 0. The molecule has 10 heteroatoms. The van der Waals surface area contributed by atoms with Gasteiger partial charge in [-0.25, -0.2) is 22.8 Å². The van der Waals surface area contributed by atoms with Gasteiger partial charge >= 0.3 is 0 Å². The summed E-state index contributed by atoms with van der Waals surface area (Å²) in [6.45, 7) is 4.12. The number of hydrogen-bond donors (Lipinski definition) is 0. The van der Waals surface area contributed by atoms with Gasteiger partial charge in [0.2, 0.25) is 21.7 Å². The molecule has 1 fully saturated rings. The first kappa shape index (κ1) is 19.6. The molecule has 4 rings (SSSR count). The van der Waals surface area contributed by atoms with Crippen LogP contribution >= 0.6 is 0 Å². The van der Waals surface area contributed by atoms with E-state index in [1.807, 2.05) is 6.92 Å². The van der Waals surface area contributed by atoms with E-state index in [1.165, 1.54) is 22.8 Å². The highest BCUT2D eigenvalue weighted by atomic mass is 32.2. The van der Waals surface area contributed by atoms with Crippen molar-refractivity contribution in [3.8, 4) is 11.4 Å². The highest BCUT2D eigenvalue weighted by Crippen LogP contribution is 2.34. The Bertz CT molecular complexity index is 1150. The molecule has 3 aromatic rings. The molecule has 8 nitrogen and oxygen atoms in total. The smallest absolute Gasteiger partial charge is 0.243 e. The Morgan fingerprint density at radius 2 is 2.17 bits per heavy atom. The number of rotatable bonds is 5. The van der Waals surface area contributed by atoms with Crippen molar-refractivity contribution >= 4 is 10.0 Å². The van der Waals surface area contributed by atoms with Gasteiger partial charge in [-0.2, -0.15) is 9.29 Å². The first-order chi connectivity index (χ1) is 13.9. The Morgan fingerprint density at radius 3 is 2.90 bits per heavy atom. The fraction of sp³-hybridized carbons (Fsp3) is 0.368. The predicted molar refractivity (Wildman–Crippen MR) is 102 cm³/mol. The van der Waals surface area contributed by atoms with Crippen LogP contribution in [0.25, 0.3) is 11.4 Å². The van der Waals surface area contributed by atoms with Crippen LogP contribution in [-0.4, -0.2) is 45.9 Å². The average Bonchev–Trinajstić information content (AvgIpc) is 3.38. The fourth-order valence-electron chi connectivity index (χ4n) is 3.56. The van der Waals surface area contributed by atoms with E-state index >= 15 is 0 Å². The lowest BCUT2D eigenvalue weighted by atomic mass is 10.00. The maximum atomic E-state index is 13.4. The van der Waals surface area contributed by atoms with Gasteiger partial charge in [-0.15, -0.1) is 0 Å². The molecule has 0 spiro atoms. The van der Waals surface area contributed by atoms with Gasteiger partial charge < -0.3 is 4.52 Å². The predicted octanol–water partition coefficient (Wildman–Crippen LogP) is 2.71. The topological polar surface area (TPSA) is 102 Å². The van der Waals surface area contributed by atoms with Gasteiger partial charge in [0.05, 0.1) is 16.2 Å². The second-order valence-corrected chi connectivity index (χ2v) is 8.85. The van der Waals surface area contributed by atoms with Crippen LogP contribution in [-0.2, 0) is 16.4 Å². The molecule has 0 bridgehead atoms. The Balaban J connectivity index is 1.62. The molecule has 0 unspecified atom stereocenters. The SMILES string of the molecule is CCc1nc(-c2cncnc2[C@@H]2CCN(S(=O)(=O)c3ccc(F)cc3C)C2)no1. The molecule has 152 valence electrons. The number of benzene rings is 1. The highest BCUT2D eigenvalue weighted by molar-refractivity contribution is 7.89. The second kappa shape index (κ2) is 7.60. The van der Waals surface area contributed by atoms with Crippen molar-refractivity contribution in [2.45, 2.75) is 37.5 Å². The van der Waals surface area contributed by atoms with Crippen LogP contribution in [0.1, 0.15) is 36.4 Å². The maximum Gasteiger partial charge on any atom is 0.243 e. The van der Waals surface area contributed by atoms with E-state index in [4.69, 9.17) is 4.52 Å². The summed E-state index contributed by atoms with van der Waals surface area (Å²) in [5.41, 5.74) is 1.71. The van der Waals surface area contributed by atoms with Crippen LogP contribution in [0, 0.1) is 12.7 Å². The Kier molecular flexibility index (Phi) is 5.13. The van der Waals surface area contributed by atoms with Crippen molar-refractivity contribution in [1.29, 1.82) is 0 Å². The molecule has 0 saturated carbocycles. The molecule has 2 aromatic heterocycles. The van der Waals surface area contributed by atoms with E-state index in [0.717, 1.165) is 6.07 Å². The highest BCUT2D eigenvalue weighted by Gasteiger charge is 2.36. The number of hydrogen-bond acceptors (Lipinski definition) is 7. The minimum absolute atomic E-state index is 0.119. The number of halogens is 1. The van der Waals surface area contributed by atoms with Gasteiger partial charge in [-0.1, -0.05) is 12.1 Å². The molecule has 0 aliphatic carbocycles. The van der Waals surface area contributed by atoms with Gasteiger partial charge in [0, 0.05) is 31.6 Å². The van der Waals surface area contributed by atoms with Gasteiger partial charge in [0.1, 0.15) is 12.1 Å². The van der Waals surface area contributed by atoms with E-state index in [0.29, 0.717) is 47.9 Å². The average molecular weight is 417 g/mol. The first-order valence-electron chi connectivity index (χ1n) is 9.29. The van der Waals surface area contributed by atoms with Crippen molar-refractivity contribution in [2.24, 2.45) is 0 Å². The molecule has 3 heterocycles. The van der Waals surface area contributed by atoms with E-state index in [9.17, 15) is 12.8 Å². The zero-order chi connectivity index (χ0) is 20.6. The van der Waals surface area contributed by atoms with E-state index in [2.05, 4.69) is 20.1 Å². The lowest BCUT2D eigenvalue weighted by molar-refractivity contribution is 0.382. The monoisotopic (exact) mass is 417 g/mol. The van der Waals surface area contributed by atoms with Crippen molar-refractivity contribution in [2.75, 3.05) is 13.1 Å². The van der Waals surface area contributed by atoms with Crippen LogP contribution in [0.4, 0.5) is 4.39 Å². The third-order valence-corrected chi connectivity index (χ3v) is 7.07. The zero-order valence-electron chi connectivity index (χ0n) is 16.0. The standard InChI is InChI=1S/C19H20FN5O3S/c1-3-17-23-19(24-28-17)15-9-21-11-22-18(15)13-6-7-25(10-13)29(26,27)16-5-4-14(20)8-12(16)2/h4-5,8-9,11,13H,3,6-7,10H2,1-2H3/t13-/m1/s1. The summed E-state index contributed by atoms with van der Waals surface area (Å²) in [7, 11) is -3.73.